The molecule has 0 N–H and O–H groups in total. The molecule has 3 rings (SSSR count). The van der Waals surface area contributed by atoms with Crippen molar-refractivity contribution in [2.24, 2.45) is 0 Å². The van der Waals surface area contributed by atoms with Crippen molar-refractivity contribution in [1.29, 1.82) is 0 Å². The Morgan fingerprint density at radius 1 is 1.22 bits per heavy atom. The number of carbonyl (C=O) groups is 2. The van der Waals surface area contributed by atoms with Crippen molar-refractivity contribution < 1.29 is 22.7 Å². The van der Waals surface area contributed by atoms with Gasteiger partial charge in [-0.1, -0.05) is 30.3 Å². The van der Waals surface area contributed by atoms with Gasteiger partial charge >= 0.3 is 6.09 Å². The molecule has 1 atom stereocenters. The minimum atomic E-state index is -3.63. The molecule has 0 saturated carbocycles. The first-order valence-corrected chi connectivity index (χ1v) is 10.8. The summed E-state index contributed by atoms with van der Waals surface area (Å²) in [6.45, 7) is 3.22. The second-order valence-corrected chi connectivity index (χ2v) is 8.85. The Morgan fingerprint density at radius 3 is 2.48 bits per heavy atom. The summed E-state index contributed by atoms with van der Waals surface area (Å²) >= 11 is 0. The smallest absolute Gasteiger partial charge is 0.410 e. The fourth-order valence-electron chi connectivity index (χ4n) is 3.49. The lowest BCUT2D eigenvalue weighted by Gasteiger charge is -2.37. The Kier molecular flexibility index (Phi) is 5.84. The van der Waals surface area contributed by atoms with Gasteiger partial charge in [-0.15, -0.1) is 0 Å². The molecule has 2 amide bonds. The highest BCUT2D eigenvalue weighted by molar-refractivity contribution is 7.95. The van der Waals surface area contributed by atoms with E-state index in [4.69, 9.17) is 4.74 Å². The van der Waals surface area contributed by atoms with Gasteiger partial charge in [0.1, 0.15) is 12.4 Å². The molecule has 0 bridgehead atoms. The van der Waals surface area contributed by atoms with E-state index >= 15 is 0 Å². The predicted octanol–water partition coefficient (Wildman–Crippen LogP) is 1.90. The van der Waals surface area contributed by atoms with Crippen LogP contribution in [0.3, 0.4) is 0 Å². The predicted molar refractivity (Wildman–Crippen MR) is 102 cm³/mol. The van der Waals surface area contributed by atoms with Gasteiger partial charge in [-0.2, -0.15) is 0 Å². The van der Waals surface area contributed by atoms with E-state index < -0.39 is 21.5 Å². The first kappa shape index (κ1) is 19.4. The van der Waals surface area contributed by atoms with Crippen LogP contribution in [-0.4, -0.2) is 67.8 Å². The Hall–Kier alpha value is -2.35. The topological polar surface area (TPSA) is 84.0 Å². The van der Waals surface area contributed by atoms with Gasteiger partial charge in [0.2, 0.25) is 5.91 Å². The fourth-order valence-corrected chi connectivity index (χ4v) is 4.47. The van der Waals surface area contributed by atoms with E-state index in [1.165, 1.54) is 6.08 Å². The molecule has 0 aromatic heterocycles. The van der Waals surface area contributed by atoms with Gasteiger partial charge in [0, 0.05) is 24.5 Å². The molecule has 2 aliphatic heterocycles. The van der Waals surface area contributed by atoms with Crippen molar-refractivity contribution in [2.75, 3.05) is 25.4 Å². The number of hydrogen-bond acceptors (Lipinski definition) is 5. The molecular weight excluding hydrogens is 368 g/mol. The Balaban J connectivity index is 1.53. The zero-order chi connectivity index (χ0) is 19.4. The molecule has 0 aliphatic carbocycles. The quantitative estimate of drug-likeness (QED) is 0.764. The maximum absolute atomic E-state index is 12.4. The summed E-state index contributed by atoms with van der Waals surface area (Å²) in [6, 6.07) is 9.15. The highest BCUT2D eigenvalue weighted by atomic mass is 32.2. The highest BCUT2D eigenvalue weighted by Crippen LogP contribution is 2.23. The third-order valence-electron chi connectivity index (χ3n) is 4.94. The van der Waals surface area contributed by atoms with Crippen molar-refractivity contribution in [1.82, 2.24) is 9.80 Å². The second kappa shape index (κ2) is 8.12. The molecule has 146 valence electrons. The summed E-state index contributed by atoms with van der Waals surface area (Å²) in [5.41, 5.74) is 0.765. The number of carbonyl (C=O) groups excluding carboxylic acids is 2. The molecule has 2 saturated heterocycles. The minimum Gasteiger partial charge on any atom is -0.447 e. The van der Waals surface area contributed by atoms with Gasteiger partial charge in [0.05, 0.1) is 6.04 Å². The average molecular weight is 392 g/mol. The number of sulfone groups is 1. The zero-order valence-electron chi connectivity index (χ0n) is 15.3. The number of ether oxygens (including phenoxy) is 1. The van der Waals surface area contributed by atoms with Crippen molar-refractivity contribution in [2.45, 2.75) is 31.8 Å². The Morgan fingerprint density at radius 2 is 1.89 bits per heavy atom. The number of nitrogens with zero attached hydrogens (tertiary/aromatic N) is 2. The van der Waals surface area contributed by atoms with Crippen LogP contribution in [0.2, 0.25) is 0 Å². The summed E-state index contributed by atoms with van der Waals surface area (Å²) in [6.07, 6.45) is 2.45. The number of hydrogen-bond donors (Lipinski definition) is 0. The van der Waals surface area contributed by atoms with Crippen LogP contribution in [0.15, 0.2) is 35.7 Å². The van der Waals surface area contributed by atoms with Crippen LogP contribution in [0.5, 0.6) is 0 Å². The number of piperidine rings is 1. The molecule has 27 heavy (non-hydrogen) atoms. The molecule has 0 spiro atoms. The third kappa shape index (κ3) is 4.88. The minimum absolute atomic E-state index is 0.0354. The molecule has 2 heterocycles. The summed E-state index contributed by atoms with van der Waals surface area (Å²) in [5, 5.41) is 1.09. The Bertz CT molecular complexity index is 814. The highest BCUT2D eigenvalue weighted by Gasteiger charge is 2.37. The van der Waals surface area contributed by atoms with Gasteiger partial charge in [-0.25, -0.2) is 13.2 Å². The molecule has 1 unspecified atom stereocenters. The second-order valence-electron chi connectivity index (χ2n) is 6.97. The number of amides is 2. The van der Waals surface area contributed by atoms with Crippen LogP contribution < -0.4 is 0 Å². The van der Waals surface area contributed by atoms with Gasteiger partial charge < -0.3 is 9.64 Å². The monoisotopic (exact) mass is 392 g/mol. The molecule has 2 fully saturated rings. The maximum Gasteiger partial charge on any atom is 0.410 e. The van der Waals surface area contributed by atoms with Crippen molar-refractivity contribution in [3.8, 4) is 0 Å². The molecule has 8 heteroatoms. The maximum atomic E-state index is 12.4. The van der Waals surface area contributed by atoms with Gasteiger partial charge in [0.15, 0.2) is 9.84 Å². The first-order valence-electron chi connectivity index (χ1n) is 9.04. The van der Waals surface area contributed by atoms with Crippen LogP contribution >= 0.6 is 0 Å². The zero-order valence-corrected chi connectivity index (χ0v) is 16.1. The van der Waals surface area contributed by atoms with E-state index in [9.17, 15) is 18.0 Å². The number of likely N-dealkylation sites (tertiary alicyclic amines) is 1. The standard InChI is InChI=1S/C19H24N2O5S/c1-15-13-26-19(23)21(15)17-7-10-20(11-8-17)18(22)14-27(24,25)12-9-16-5-3-2-4-6-16/h2-6,9,12,15,17H,7-8,10-11,13-14H2,1H3. The molecule has 1 aromatic rings. The van der Waals surface area contributed by atoms with E-state index in [0.29, 0.717) is 32.5 Å². The Labute approximate surface area is 159 Å². The van der Waals surface area contributed by atoms with Crippen LogP contribution in [0.1, 0.15) is 25.3 Å². The lowest BCUT2D eigenvalue weighted by molar-refractivity contribution is -0.129. The number of benzene rings is 1. The van der Waals surface area contributed by atoms with Crippen molar-refractivity contribution >= 4 is 27.9 Å². The molecule has 0 radical (unpaired) electrons. The van der Waals surface area contributed by atoms with Crippen LogP contribution in [0, 0.1) is 0 Å². The molecular formula is C19H24N2O5S. The van der Waals surface area contributed by atoms with E-state index in [1.807, 2.05) is 25.1 Å². The third-order valence-corrected chi connectivity index (χ3v) is 6.14. The van der Waals surface area contributed by atoms with Gasteiger partial charge in [-0.3, -0.25) is 9.69 Å². The lowest BCUT2D eigenvalue weighted by atomic mass is 10.0. The summed E-state index contributed by atoms with van der Waals surface area (Å²) < 4.78 is 29.5. The molecule has 1 aromatic carbocycles. The summed E-state index contributed by atoms with van der Waals surface area (Å²) in [5.74, 6) is -0.938. The number of cyclic esters (lactones) is 1. The summed E-state index contributed by atoms with van der Waals surface area (Å²) in [4.78, 5) is 27.5. The van der Waals surface area contributed by atoms with E-state index in [1.54, 1.807) is 21.9 Å². The van der Waals surface area contributed by atoms with Crippen molar-refractivity contribution in [3.05, 3.63) is 41.3 Å². The normalized spacial score (nSPS) is 21.7. The number of rotatable bonds is 5. The van der Waals surface area contributed by atoms with Crippen LogP contribution in [0.25, 0.3) is 6.08 Å². The van der Waals surface area contributed by atoms with Crippen LogP contribution in [-0.2, 0) is 19.4 Å². The average Bonchev–Trinajstić information content (AvgIpc) is 2.99. The van der Waals surface area contributed by atoms with Crippen LogP contribution in [0.4, 0.5) is 4.79 Å². The van der Waals surface area contributed by atoms with E-state index in [-0.39, 0.29) is 18.2 Å². The summed E-state index contributed by atoms with van der Waals surface area (Å²) in [7, 11) is -3.63. The van der Waals surface area contributed by atoms with E-state index in [2.05, 4.69) is 0 Å². The fraction of sp³-hybridized carbons (Fsp3) is 0.474. The van der Waals surface area contributed by atoms with E-state index in [0.717, 1.165) is 11.0 Å². The lowest BCUT2D eigenvalue weighted by Crippen LogP contribution is -2.50. The first-order chi connectivity index (χ1) is 12.9. The SMILES string of the molecule is CC1COC(=O)N1C1CCN(C(=O)CS(=O)(=O)C=Cc2ccccc2)CC1. The molecule has 2 aliphatic rings. The largest absolute Gasteiger partial charge is 0.447 e. The molecule has 7 nitrogen and oxygen atoms in total. The van der Waals surface area contributed by atoms with Crippen molar-refractivity contribution in [3.63, 3.8) is 0 Å². The van der Waals surface area contributed by atoms with Gasteiger partial charge in [0.25, 0.3) is 0 Å². The van der Waals surface area contributed by atoms with Gasteiger partial charge in [-0.05, 0) is 31.4 Å².